The van der Waals surface area contributed by atoms with Crippen molar-refractivity contribution in [3.05, 3.63) is 24.2 Å². The molecule has 1 N–H and O–H groups in total. The predicted molar refractivity (Wildman–Crippen MR) is 59.8 cm³/mol. The summed E-state index contributed by atoms with van der Waals surface area (Å²) in [6.07, 6.45) is 1.47. The number of carbonyl (C=O) groups is 2. The zero-order valence-electron chi connectivity index (χ0n) is 9.61. The SMILES string of the molecule is CC#CCN1C(=O)NC(C)(c2ccco2)C1=O. The molecule has 2 rings (SSSR count). The Bertz CT molecular complexity index is 510. The Morgan fingerprint density at radius 1 is 1.53 bits per heavy atom. The Labute approximate surface area is 98.8 Å². The number of nitrogens with one attached hydrogen (secondary N) is 1. The monoisotopic (exact) mass is 232 g/mol. The molecule has 0 aromatic carbocycles. The fourth-order valence-corrected chi connectivity index (χ4v) is 1.73. The lowest BCUT2D eigenvalue weighted by Crippen LogP contribution is -2.40. The fraction of sp³-hybridized carbons (Fsp3) is 0.333. The van der Waals surface area contributed by atoms with Gasteiger partial charge in [-0.1, -0.05) is 5.92 Å². The van der Waals surface area contributed by atoms with Gasteiger partial charge in [0.25, 0.3) is 5.91 Å². The standard InChI is InChI=1S/C12H12N2O3/c1-3-4-7-14-10(15)12(2,13-11(14)16)9-6-5-8-17-9/h5-6,8H,7H2,1-2H3,(H,13,16). The Morgan fingerprint density at radius 3 is 2.88 bits per heavy atom. The van der Waals surface area contributed by atoms with Crippen LogP contribution in [0.2, 0.25) is 0 Å². The zero-order chi connectivity index (χ0) is 12.5. The van der Waals surface area contributed by atoms with E-state index in [1.807, 2.05) is 0 Å². The Kier molecular flexibility index (Phi) is 2.64. The molecule has 1 fully saturated rings. The Balaban J connectivity index is 2.31. The molecule has 88 valence electrons. The lowest BCUT2D eigenvalue weighted by molar-refractivity contribution is -0.131. The van der Waals surface area contributed by atoms with E-state index in [-0.39, 0.29) is 12.5 Å². The first-order valence-corrected chi connectivity index (χ1v) is 5.17. The van der Waals surface area contributed by atoms with Gasteiger partial charge in [0, 0.05) is 0 Å². The second-order valence-electron chi connectivity index (χ2n) is 3.85. The van der Waals surface area contributed by atoms with Gasteiger partial charge in [-0.3, -0.25) is 9.69 Å². The number of hydrogen-bond donors (Lipinski definition) is 1. The second kappa shape index (κ2) is 3.98. The van der Waals surface area contributed by atoms with Crippen molar-refractivity contribution in [3.8, 4) is 11.8 Å². The number of urea groups is 1. The predicted octanol–water partition coefficient (Wildman–Crippen LogP) is 1.07. The highest BCUT2D eigenvalue weighted by atomic mass is 16.3. The van der Waals surface area contributed by atoms with Crippen molar-refractivity contribution in [1.82, 2.24) is 10.2 Å². The average Bonchev–Trinajstić information content (AvgIpc) is 2.88. The van der Waals surface area contributed by atoms with Crippen LogP contribution in [-0.2, 0) is 10.3 Å². The number of carbonyl (C=O) groups excluding carboxylic acids is 2. The number of imide groups is 1. The lowest BCUT2D eigenvalue weighted by Gasteiger charge is -2.18. The number of furan rings is 1. The van der Waals surface area contributed by atoms with Crippen molar-refractivity contribution in [2.75, 3.05) is 6.54 Å². The second-order valence-corrected chi connectivity index (χ2v) is 3.85. The highest BCUT2D eigenvalue weighted by Gasteiger charge is 2.50. The molecule has 3 amide bonds. The van der Waals surface area contributed by atoms with E-state index in [4.69, 9.17) is 4.42 Å². The summed E-state index contributed by atoms with van der Waals surface area (Å²) in [6, 6.07) is 2.89. The third-order valence-corrected chi connectivity index (χ3v) is 2.70. The molecule has 1 atom stereocenters. The van der Waals surface area contributed by atoms with Crippen LogP contribution < -0.4 is 5.32 Å². The van der Waals surface area contributed by atoms with Gasteiger partial charge in [-0.2, -0.15) is 0 Å². The highest BCUT2D eigenvalue weighted by Crippen LogP contribution is 2.28. The average molecular weight is 232 g/mol. The summed E-state index contributed by atoms with van der Waals surface area (Å²) in [6.45, 7) is 3.37. The first-order valence-electron chi connectivity index (χ1n) is 5.17. The molecule has 1 unspecified atom stereocenters. The van der Waals surface area contributed by atoms with Crippen LogP contribution in [0.15, 0.2) is 22.8 Å². The van der Waals surface area contributed by atoms with Gasteiger partial charge in [0.2, 0.25) is 0 Å². The van der Waals surface area contributed by atoms with E-state index in [1.54, 1.807) is 26.0 Å². The summed E-state index contributed by atoms with van der Waals surface area (Å²) < 4.78 is 5.19. The van der Waals surface area contributed by atoms with Gasteiger partial charge in [-0.05, 0) is 26.0 Å². The molecule has 0 bridgehead atoms. The number of amides is 3. The fourth-order valence-electron chi connectivity index (χ4n) is 1.73. The largest absolute Gasteiger partial charge is 0.466 e. The molecule has 1 aliphatic rings. The molecule has 0 radical (unpaired) electrons. The molecule has 1 aliphatic heterocycles. The third-order valence-electron chi connectivity index (χ3n) is 2.70. The van der Waals surface area contributed by atoms with Crippen LogP contribution in [0.25, 0.3) is 0 Å². The minimum absolute atomic E-state index is 0.0947. The quantitative estimate of drug-likeness (QED) is 0.612. The van der Waals surface area contributed by atoms with Gasteiger partial charge in [-0.15, -0.1) is 5.92 Å². The van der Waals surface area contributed by atoms with Crippen LogP contribution in [-0.4, -0.2) is 23.4 Å². The molecule has 5 heteroatoms. The van der Waals surface area contributed by atoms with E-state index in [9.17, 15) is 9.59 Å². The minimum atomic E-state index is -1.13. The Morgan fingerprint density at radius 2 is 2.29 bits per heavy atom. The van der Waals surface area contributed by atoms with Gasteiger partial charge in [0.05, 0.1) is 12.8 Å². The van der Waals surface area contributed by atoms with Crippen molar-refractivity contribution < 1.29 is 14.0 Å². The van der Waals surface area contributed by atoms with Crippen molar-refractivity contribution in [2.24, 2.45) is 0 Å². The molecule has 0 aliphatic carbocycles. The summed E-state index contributed by atoms with van der Waals surface area (Å²) >= 11 is 0. The molecule has 1 aromatic heterocycles. The zero-order valence-corrected chi connectivity index (χ0v) is 9.61. The van der Waals surface area contributed by atoms with Crippen LogP contribution in [0, 0.1) is 11.8 Å². The smallest absolute Gasteiger partial charge is 0.326 e. The van der Waals surface area contributed by atoms with Crippen molar-refractivity contribution >= 4 is 11.9 Å². The summed E-state index contributed by atoms with van der Waals surface area (Å²) in [4.78, 5) is 24.9. The molecule has 1 aromatic rings. The van der Waals surface area contributed by atoms with Crippen molar-refractivity contribution in [1.29, 1.82) is 0 Å². The summed E-state index contributed by atoms with van der Waals surface area (Å²) in [5, 5.41) is 2.62. The van der Waals surface area contributed by atoms with Gasteiger partial charge < -0.3 is 9.73 Å². The topological polar surface area (TPSA) is 62.6 Å². The van der Waals surface area contributed by atoms with Crippen LogP contribution in [0.5, 0.6) is 0 Å². The van der Waals surface area contributed by atoms with Crippen molar-refractivity contribution in [2.45, 2.75) is 19.4 Å². The van der Waals surface area contributed by atoms with Crippen molar-refractivity contribution in [3.63, 3.8) is 0 Å². The minimum Gasteiger partial charge on any atom is -0.466 e. The molecule has 5 nitrogen and oxygen atoms in total. The first-order chi connectivity index (χ1) is 8.09. The van der Waals surface area contributed by atoms with Crippen LogP contribution in [0.1, 0.15) is 19.6 Å². The molecule has 17 heavy (non-hydrogen) atoms. The molecule has 0 saturated carbocycles. The van der Waals surface area contributed by atoms with E-state index in [0.29, 0.717) is 5.76 Å². The highest BCUT2D eigenvalue weighted by molar-refractivity contribution is 6.07. The van der Waals surface area contributed by atoms with E-state index in [0.717, 1.165) is 4.90 Å². The van der Waals surface area contributed by atoms with E-state index < -0.39 is 11.6 Å². The maximum Gasteiger partial charge on any atom is 0.326 e. The molecule has 0 spiro atoms. The number of hydrogen-bond acceptors (Lipinski definition) is 3. The summed E-state index contributed by atoms with van der Waals surface area (Å²) in [5.41, 5.74) is -1.13. The first kappa shape index (κ1) is 11.3. The lowest BCUT2D eigenvalue weighted by atomic mass is 9.99. The number of rotatable bonds is 2. The normalized spacial score (nSPS) is 23.3. The van der Waals surface area contributed by atoms with Gasteiger partial charge in [0.15, 0.2) is 5.54 Å². The van der Waals surface area contributed by atoms with Gasteiger partial charge >= 0.3 is 6.03 Å². The Hall–Kier alpha value is -2.22. The van der Waals surface area contributed by atoms with E-state index >= 15 is 0 Å². The maximum absolute atomic E-state index is 12.2. The third kappa shape index (κ3) is 1.68. The molecular weight excluding hydrogens is 220 g/mol. The number of nitrogens with zero attached hydrogens (tertiary/aromatic N) is 1. The van der Waals surface area contributed by atoms with Gasteiger partial charge in [0.1, 0.15) is 5.76 Å². The maximum atomic E-state index is 12.2. The van der Waals surface area contributed by atoms with Gasteiger partial charge in [-0.25, -0.2) is 4.79 Å². The summed E-state index contributed by atoms with van der Waals surface area (Å²) in [7, 11) is 0. The molecule has 2 heterocycles. The summed E-state index contributed by atoms with van der Waals surface area (Å²) in [5.74, 6) is 5.42. The molecular formula is C12H12N2O3. The van der Waals surface area contributed by atoms with E-state index in [2.05, 4.69) is 17.2 Å². The van der Waals surface area contributed by atoms with Crippen LogP contribution >= 0.6 is 0 Å². The van der Waals surface area contributed by atoms with E-state index in [1.165, 1.54) is 6.26 Å². The van der Waals surface area contributed by atoms with Crippen LogP contribution in [0.3, 0.4) is 0 Å². The molecule has 1 saturated heterocycles. The van der Waals surface area contributed by atoms with Crippen LogP contribution in [0.4, 0.5) is 4.79 Å².